The van der Waals surface area contributed by atoms with Gasteiger partial charge in [-0.2, -0.15) is 0 Å². The van der Waals surface area contributed by atoms with Gasteiger partial charge in [-0.05, 0) is 68.1 Å². The number of ketones is 1. The smallest absolute Gasteiger partial charge is 0.289 e. The maximum Gasteiger partial charge on any atom is 0.289 e. The van der Waals surface area contributed by atoms with Crippen molar-refractivity contribution in [3.05, 3.63) is 40.4 Å². The van der Waals surface area contributed by atoms with Crippen LogP contribution in [-0.2, 0) is 28.8 Å². The van der Waals surface area contributed by atoms with Crippen molar-refractivity contribution in [3.63, 3.8) is 0 Å². The monoisotopic (exact) mass is 697 g/mol. The van der Waals surface area contributed by atoms with Crippen molar-refractivity contribution in [1.82, 2.24) is 26.3 Å². The van der Waals surface area contributed by atoms with E-state index in [4.69, 9.17) is 16.4 Å². The molecule has 11 nitrogen and oxygen atoms in total. The molecule has 4 aliphatic rings. The largest absolute Gasteiger partial charge is 0.347 e. The van der Waals surface area contributed by atoms with E-state index in [1.807, 2.05) is 58.9 Å². The first-order valence-corrected chi connectivity index (χ1v) is 18.3. The molecule has 2 aliphatic carbocycles. The summed E-state index contributed by atoms with van der Waals surface area (Å²) >= 11 is 6.41. The van der Waals surface area contributed by atoms with Gasteiger partial charge in [0.1, 0.15) is 17.7 Å². The van der Waals surface area contributed by atoms with Crippen molar-refractivity contribution < 1.29 is 28.8 Å². The second-order valence-corrected chi connectivity index (χ2v) is 15.9. The fourth-order valence-corrected chi connectivity index (χ4v) is 7.26. The van der Waals surface area contributed by atoms with Crippen LogP contribution in [0.25, 0.3) is 5.70 Å². The van der Waals surface area contributed by atoms with E-state index in [1.54, 1.807) is 0 Å². The van der Waals surface area contributed by atoms with Crippen molar-refractivity contribution in [1.29, 1.82) is 0 Å². The molecule has 1 spiro atoms. The zero-order chi connectivity index (χ0) is 35.5. The number of hydrogen-bond acceptors (Lipinski definition) is 7. The van der Waals surface area contributed by atoms with Crippen LogP contribution in [0.15, 0.2) is 24.3 Å². The number of carbonyl (C=O) groups is 5. The number of aryl methyl sites for hydroxylation is 1. The van der Waals surface area contributed by atoms with Crippen molar-refractivity contribution in [2.24, 2.45) is 11.3 Å². The molecule has 5 rings (SSSR count). The van der Waals surface area contributed by atoms with E-state index in [1.165, 1.54) is 11.3 Å². The topological polar surface area (TPSA) is 146 Å². The van der Waals surface area contributed by atoms with E-state index >= 15 is 0 Å². The molecule has 4 atom stereocenters. The van der Waals surface area contributed by atoms with Crippen molar-refractivity contribution in [2.45, 2.75) is 135 Å². The Morgan fingerprint density at radius 3 is 2.41 bits per heavy atom. The highest BCUT2D eigenvalue weighted by atomic mass is 35.5. The Morgan fingerprint density at radius 1 is 1.06 bits per heavy atom. The maximum absolute atomic E-state index is 14.6. The van der Waals surface area contributed by atoms with E-state index in [0.29, 0.717) is 29.5 Å². The number of halogens is 1. The van der Waals surface area contributed by atoms with Gasteiger partial charge >= 0.3 is 0 Å². The number of amides is 4. The summed E-state index contributed by atoms with van der Waals surface area (Å²) in [5.74, 6) is -2.26. The molecule has 0 radical (unpaired) electrons. The number of benzene rings is 1. The van der Waals surface area contributed by atoms with Gasteiger partial charge in [-0.25, -0.2) is 0 Å². The summed E-state index contributed by atoms with van der Waals surface area (Å²) in [6.45, 7) is 9.47. The number of carbonyl (C=O) groups excluding carboxylic acids is 5. The highest BCUT2D eigenvalue weighted by Crippen LogP contribution is 2.39. The van der Waals surface area contributed by atoms with Crippen LogP contribution in [0.2, 0.25) is 5.02 Å². The van der Waals surface area contributed by atoms with Gasteiger partial charge in [-0.1, -0.05) is 77.1 Å². The molecule has 2 aliphatic heterocycles. The molecular weight excluding hydrogens is 646 g/mol. The lowest BCUT2D eigenvalue weighted by Crippen LogP contribution is -2.59. The molecule has 1 aromatic carbocycles. The van der Waals surface area contributed by atoms with Crippen LogP contribution in [-0.4, -0.2) is 70.6 Å². The normalized spacial score (nSPS) is 23.8. The summed E-state index contributed by atoms with van der Waals surface area (Å²) in [6, 6.07) is 2.64. The molecule has 4 amide bonds. The summed E-state index contributed by atoms with van der Waals surface area (Å²) in [6.07, 6.45) is 10.2. The Bertz CT molecular complexity index is 1480. The number of nitrogens with one attached hydrogen (secondary N) is 4. The third-order valence-electron chi connectivity index (χ3n) is 10.2. The Morgan fingerprint density at radius 2 is 1.78 bits per heavy atom. The van der Waals surface area contributed by atoms with Gasteiger partial charge in [0.2, 0.25) is 23.5 Å². The fraction of sp³-hybridized carbons (Fsp3) is 0.649. The van der Waals surface area contributed by atoms with E-state index in [9.17, 15) is 24.0 Å². The van der Waals surface area contributed by atoms with Gasteiger partial charge in [-0.3, -0.25) is 34.3 Å². The molecule has 0 aromatic heterocycles. The second kappa shape index (κ2) is 15.2. The van der Waals surface area contributed by atoms with Crippen LogP contribution < -0.4 is 21.4 Å². The quantitative estimate of drug-likeness (QED) is 0.236. The molecule has 1 saturated heterocycles. The maximum atomic E-state index is 14.6. The molecule has 2 heterocycles. The lowest BCUT2D eigenvalue weighted by atomic mass is 9.84. The molecule has 4 N–H and O–H groups in total. The Kier molecular flexibility index (Phi) is 11.4. The molecule has 3 fully saturated rings. The number of hydroxylamine groups is 1. The average Bonchev–Trinajstić information content (AvgIpc) is 3.65. The van der Waals surface area contributed by atoms with Gasteiger partial charge in [0.25, 0.3) is 5.91 Å². The summed E-state index contributed by atoms with van der Waals surface area (Å²) in [7, 11) is 0. The van der Waals surface area contributed by atoms with Crippen LogP contribution >= 0.6 is 11.6 Å². The first kappa shape index (κ1) is 36.8. The van der Waals surface area contributed by atoms with E-state index in [0.717, 1.165) is 49.7 Å². The van der Waals surface area contributed by atoms with Crippen LogP contribution in [0.4, 0.5) is 0 Å². The lowest BCUT2D eigenvalue weighted by Gasteiger charge is -2.36. The Labute approximate surface area is 294 Å². The van der Waals surface area contributed by atoms with Gasteiger partial charge in [0.05, 0.1) is 18.3 Å². The van der Waals surface area contributed by atoms with E-state index < -0.39 is 52.6 Å². The molecule has 12 heteroatoms. The third-order valence-corrected chi connectivity index (χ3v) is 10.6. The lowest BCUT2D eigenvalue weighted by molar-refractivity contribution is -0.145. The molecule has 49 heavy (non-hydrogen) atoms. The average molecular weight is 698 g/mol. The molecule has 0 unspecified atom stereocenters. The summed E-state index contributed by atoms with van der Waals surface area (Å²) in [5.41, 5.74) is 3.60. The minimum absolute atomic E-state index is 0.00343. The van der Waals surface area contributed by atoms with Gasteiger partial charge in [0.15, 0.2) is 0 Å². The zero-order valence-corrected chi connectivity index (χ0v) is 30.2. The molecule has 0 bridgehead atoms. The van der Waals surface area contributed by atoms with Crippen LogP contribution in [0.1, 0.15) is 109 Å². The van der Waals surface area contributed by atoms with Crippen molar-refractivity contribution >= 4 is 46.7 Å². The standard InChI is InChI=1S/C37H52ClN5O6/c1-6-10-27(31(45)34(47)39-25-15-16-25)40-33(46)29-20-37(19-28(42-49-37)24-14-13-22(2)26(38)18-24)21-43(29)35(48)32(36(3,4)5)41-30(44)17-23-11-8-7-9-12-23/h13-14,18-19,23,25,27,29,32,42H,6-12,15-17,20-21H2,1-5H3,(H,39,47)(H,40,46)(H,41,44)/t27-,29-,32+,37+/m0/s1. The summed E-state index contributed by atoms with van der Waals surface area (Å²) < 4.78 is 0. The second-order valence-electron chi connectivity index (χ2n) is 15.5. The van der Waals surface area contributed by atoms with Crippen LogP contribution in [0, 0.1) is 18.3 Å². The van der Waals surface area contributed by atoms with Crippen molar-refractivity contribution in [3.8, 4) is 0 Å². The van der Waals surface area contributed by atoms with E-state index in [-0.39, 0.29) is 31.3 Å². The highest BCUT2D eigenvalue weighted by Gasteiger charge is 2.54. The zero-order valence-electron chi connectivity index (χ0n) is 29.5. The predicted molar refractivity (Wildman–Crippen MR) is 187 cm³/mol. The number of likely N-dealkylation sites (tertiary alicyclic amines) is 1. The summed E-state index contributed by atoms with van der Waals surface area (Å²) in [4.78, 5) is 75.6. The molecular formula is C37H52ClN5O6. The molecule has 268 valence electrons. The first-order valence-electron chi connectivity index (χ1n) is 17.9. The minimum atomic E-state index is -1.08. The minimum Gasteiger partial charge on any atom is -0.347 e. The summed E-state index contributed by atoms with van der Waals surface area (Å²) in [5, 5.41) is 9.15. The van der Waals surface area contributed by atoms with Gasteiger partial charge in [-0.15, -0.1) is 0 Å². The number of Topliss-reactive ketones (excluding diaryl/α,β-unsaturated/α-hetero) is 1. The first-order chi connectivity index (χ1) is 23.2. The van der Waals surface area contributed by atoms with Gasteiger partial charge < -0.3 is 20.9 Å². The van der Waals surface area contributed by atoms with Crippen LogP contribution in [0.3, 0.4) is 0 Å². The number of rotatable bonds is 12. The van der Waals surface area contributed by atoms with Crippen molar-refractivity contribution in [2.75, 3.05) is 6.54 Å². The molecule has 1 aromatic rings. The fourth-order valence-electron chi connectivity index (χ4n) is 7.08. The number of nitrogens with zero attached hydrogens (tertiary/aromatic N) is 1. The number of hydrogen-bond donors (Lipinski definition) is 4. The Hall–Kier alpha value is -3.44. The third kappa shape index (κ3) is 9.03. The highest BCUT2D eigenvalue weighted by molar-refractivity contribution is 6.38. The van der Waals surface area contributed by atoms with Crippen LogP contribution in [0.5, 0.6) is 0 Å². The Balaban J connectivity index is 1.41. The van der Waals surface area contributed by atoms with E-state index in [2.05, 4.69) is 21.4 Å². The predicted octanol–water partition coefficient (Wildman–Crippen LogP) is 4.50. The molecule has 2 saturated carbocycles. The SMILES string of the molecule is CCC[C@H](NC(=O)[C@@H]1C[C@]2(C=C(c3ccc(C)c(Cl)c3)NO2)CN1C(=O)[C@@H](NC(=O)CC1CCCCC1)C(C)(C)C)C(=O)C(=O)NC1CC1. The van der Waals surface area contributed by atoms with Gasteiger partial charge in [0, 0.05) is 29.5 Å².